The lowest BCUT2D eigenvalue weighted by atomic mass is 9.89. The first-order chi connectivity index (χ1) is 15.7. The minimum atomic E-state index is -0.194. The molecule has 2 aliphatic rings. The number of thioether (sulfide) groups is 1. The highest BCUT2D eigenvalue weighted by Crippen LogP contribution is 2.26. The molecule has 1 amide bonds. The summed E-state index contributed by atoms with van der Waals surface area (Å²) in [4.78, 5) is 15.3. The summed E-state index contributed by atoms with van der Waals surface area (Å²) in [6.07, 6.45) is 10.3. The Morgan fingerprint density at radius 3 is 2.50 bits per heavy atom. The molecule has 1 saturated carbocycles. The Hall–Kier alpha value is -1.86. The average Bonchev–Trinajstić information content (AvgIpc) is 3.20. The molecule has 32 heavy (non-hydrogen) atoms. The first-order valence-electron chi connectivity index (χ1n) is 12.3. The third kappa shape index (κ3) is 6.58. The van der Waals surface area contributed by atoms with Crippen LogP contribution in [0.3, 0.4) is 0 Å². The number of carbonyl (C=O) groups is 1. The van der Waals surface area contributed by atoms with Crippen LogP contribution in [-0.4, -0.2) is 50.5 Å². The highest BCUT2D eigenvalue weighted by atomic mass is 32.2. The van der Waals surface area contributed by atoms with Crippen molar-refractivity contribution in [2.45, 2.75) is 81.8 Å². The number of likely N-dealkylation sites (tertiary alicyclic amines) is 1. The molecule has 1 saturated heterocycles. The van der Waals surface area contributed by atoms with Gasteiger partial charge in [0.25, 0.3) is 0 Å². The average molecular weight is 456 g/mol. The summed E-state index contributed by atoms with van der Waals surface area (Å²) in [6, 6.07) is 10.5. The fourth-order valence-corrected chi connectivity index (χ4v) is 5.65. The molecule has 1 aromatic heterocycles. The fraction of sp³-hybridized carbons (Fsp3) is 0.640. The monoisotopic (exact) mass is 455 g/mol. The van der Waals surface area contributed by atoms with Crippen molar-refractivity contribution in [1.29, 1.82) is 0 Å². The first-order valence-corrected chi connectivity index (χ1v) is 13.2. The molecule has 1 aliphatic carbocycles. The number of nitrogens with zero attached hydrogens (tertiary/aromatic N) is 4. The van der Waals surface area contributed by atoms with Crippen LogP contribution in [0.1, 0.15) is 69.7 Å². The lowest BCUT2D eigenvalue weighted by Gasteiger charge is -2.26. The van der Waals surface area contributed by atoms with Crippen LogP contribution in [0.25, 0.3) is 0 Å². The number of benzene rings is 1. The Kier molecular flexibility index (Phi) is 8.62. The third-order valence-electron chi connectivity index (χ3n) is 6.73. The maximum Gasteiger partial charge on any atom is 0.233 e. The van der Waals surface area contributed by atoms with Crippen molar-refractivity contribution in [3.8, 4) is 0 Å². The maximum absolute atomic E-state index is 12.8. The van der Waals surface area contributed by atoms with E-state index >= 15 is 0 Å². The Bertz CT molecular complexity index is 843. The molecule has 174 valence electrons. The van der Waals surface area contributed by atoms with Crippen molar-refractivity contribution in [3.05, 3.63) is 41.7 Å². The van der Waals surface area contributed by atoms with Crippen LogP contribution >= 0.6 is 11.8 Å². The minimum absolute atomic E-state index is 0.104. The van der Waals surface area contributed by atoms with Gasteiger partial charge in [0.2, 0.25) is 5.91 Å². The molecular weight excluding hydrogens is 418 g/mol. The fourth-order valence-electron chi connectivity index (χ4n) is 4.76. The topological polar surface area (TPSA) is 63.1 Å². The second-order valence-corrected chi connectivity index (χ2v) is 10.6. The third-order valence-corrected chi connectivity index (χ3v) is 7.81. The molecule has 1 N–H and O–H groups in total. The largest absolute Gasteiger partial charge is 0.355 e. The predicted octanol–water partition coefficient (Wildman–Crippen LogP) is 4.49. The van der Waals surface area contributed by atoms with E-state index in [4.69, 9.17) is 0 Å². The van der Waals surface area contributed by atoms with Crippen molar-refractivity contribution in [2.24, 2.45) is 5.92 Å². The number of amides is 1. The summed E-state index contributed by atoms with van der Waals surface area (Å²) in [5, 5.41) is 12.9. The molecule has 2 aromatic rings. The van der Waals surface area contributed by atoms with E-state index in [9.17, 15) is 4.79 Å². The van der Waals surface area contributed by atoms with Gasteiger partial charge in [0.15, 0.2) is 5.16 Å². The summed E-state index contributed by atoms with van der Waals surface area (Å²) in [5.41, 5.74) is 1.23. The van der Waals surface area contributed by atoms with Gasteiger partial charge in [0.1, 0.15) is 5.82 Å². The van der Waals surface area contributed by atoms with Gasteiger partial charge in [0.05, 0.1) is 18.3 Å². The van der Waals surface area contributed by atoms with E-state index in [-0.39, 0.29) is 11.2 Å². The van der Waals surface area contributed by atoms with Crippen molar-refractivity contribution in [3.63, 3.8) is 0 Å². The van der Waals surface area contributed by atoms with Crippen LogP contribution in [0, 0.1) is 5.92 Å². The highest BCUT2D eigenvalue weighted by Gasteiger charge is 2.23. The molecule has 7 heteroatoms. The summed E-state index contributed by atoms with van der Waals surface area (Å²) in [7, 11) is 0. The zero-order chi connectivity index (χ0) is 22.2. The van der Waals surface area contributed by atoms with Gasteiger partial charge in [0, 0.05) is 6.54 Å². The summed E-state index contributed by atoms with van der Waals surface area (Å²) >= 11 is 1.53. The van der Waals surface area contributed by atoms with Crippen LogP contribution in [-0.2, 0) is 17.9 Å². The maximum atomic E-state index is 12.8. The molecule has 0 spiro atoms. The lowest BCUT2D eigenvalue weighted by molar-refractivity contribution is -0.120. The summed E-state index contributed by atoms with van der Waals surface area (Å²) in [6.45, 7) is 6.59. The molecule has 6 nitrogen and oxygen atoms in total. The number of carbonyl (C=O) groups excluding carboxylic acids is 1. The van der Waals surface area contributed by atoms with Gasteiger partial charge in [-0.1, -0.05) is 67.8 Å². The van der Waals surface area contributed by atoms with E-state index in [1.54, 1.807) is 0 Å². The van der Waals surface area contributed by atoms with Crippen molar-refractivity contribution < 1.29 is 4.79 Å². The molecular formula is C25H37N5OS. The quantitative estimate of drug-likeness (QED) is 0.565. The molecule has 4 rings (SSSR count). The summed E-state index contributed by atoms with van der Waals surface area (Å²) < 4.78 is 2.21. The van der Waals surface area contributed by atoms with Crippen molar-refractivity contribution >= 4 is 17.7 Å². The van der Waals surface area contributed by atoms with Crippen LogP contribution in [0.15, 0.2) is 35.5 Å². The van der Waals surface area contributed by atoms with Gasteiger partial charge in [-0.2, -0.15) is 0 Å². The van der Waals surface area contributed by atoms with Crippen LogP contribution in [0.2, 0.25) is 0 Å². The van der Waals surface area contributed by atoms with E-state index in [1.807, 2.05) is 13.0 Å². The smallest absolute Gasteiger partial charge is 0.233 e. The van der Waals surface area contributed by atoms with Gasteiger partial charge in [-0.15, -0.1) is 10.2 Å². The SMILES string of the molecule is CC(Sc1nnc(CN2CCCCC2)n1Cc1ccccc1)C(=O)NCC1CCCCC1. The van der Waals surface area contributed by atoms with Crippen molar-refractivity contribution in [1.82, 2.24) is 25.0 Å². The second-order valence-electron chi connectivity index (χ2n) is 9.32. The van der Waals surface area contributed by atoms with Gasteiger partial charge in [-0.05, 0) is 57.2 Å². The van der Waals surface area contributed by atoms with Gasteiger partial charge < -0.3 is 9.88 Å². The van der Waals surface area contributed by atoms with Gasteiger partial charge >= 0.3 is 0 Å². The van der Waals surface area contributed by atoms with Crippen LogP contribution in [0.4, 0.5) is 0 Å². The number of hydrogen-bond donors (Lipinski definition) is 1. The number of rotatable bonds is 9. The van der Waals surface area contributed by atoms with E-state index in [1.165, 1.54) is 68.7 Å². The van der Waals surface area contributed by atoms with Crippen LogP contribution in [0.5, 0.6) is 0 Å². The molecule has 2 fully saturated rings. The van der Waals surface area contributed by atoms with E-state index in [0.717, 1.165) is 43.7 Å². The number of aromatic nitrogens is 3. The predicted molar refractivity (Wildman–Crippen MR) is 130 cm³/mol. The molecule has 2 heterocycles. The Morgan fingerprint density at radius 1 is 1.03 bits per heavy atom. The highest BCUT2D eigenvalue weighted by molar-refractivity contribution is 8.00. The first kappa shape index (κ1) is 23.3. The van der Waals surface area contributed by atoms with E-state index < -0.39 is 0 Å². The van der Waals surface area contributed by atoms with E-state index in [0.29, 0.717) is 5.92 Å². The number of nitrogens with one attached hydrogen (secondary N) is 1. The van der Waals surface area contributed by atoms with E-state index in [2.05, 4.69) is 49.2 Å². The zero-order valence-corrected chi connectivity index (χ0v) is 20.2. The molecule has 0 bridgehead atoms. The summed E-state index contributed by atoms with van der Waals surface area (Å²) in [5.74, 6) is 1.74. The Balaban J connectivity index is 1.42. The normalized spacial score (nSPS) is 19.0. The molecule has 1 aliphatic heterocycles. The van der Waals surface area contributed by atoms with Gasteiger partial charge in [-0.25, -0.2) is 0 Å². The Labute approximate surface area is 196 Å². The Morgan fingerprint density at radius 2 is 1.75 bits per heavy atom. The molecule has 0 radical (unpaired) electrons. The van der Waals surface area contributed by atoms with Gasteiger partial charge in [-0.3, -0.25) is 9.69 Å². The minimum Gasteiger partial charge on any atom is -0.355 e. The standard InChI is InChI=1S/C25H37N5OS/c1-20(24(31)26-17-21-11-5-2-6-12-21)32-25-28-27-23(19-29-15-9-4-10-16-29)30(25)18-22-13-7-3-8-14-22/h3,7-8,13-14,20-21H,2,4-6,9-12,15-19H2,1H3,(H,26,31). The van der Waals surface area contributed by atoms with Crippen LogP contribution < -0.4 is 5.32 Å². The van der Waals surface area contributed by atoms with Crippen molar-refractivity contribution in [2.75, 3.05) is 19.6 Å². The molecule has 1 aromatic carbocycles. The molecule has 1 unspecified atom stereocenters. The second kappa shape index (κ2) is 11.8. The number of piperidine rings is 1. The number of hydrogen-bond acceptors (Lipinski definition) is 5. The lowest BCUT2D eigenvalue weighted by Crippen LogP contribution is -2.35. The zero-order valence-electron chi connectivity index (χ0n) is 19.3. The molecule has 1 atom stereocenters.